The minimum atomic E-state index is -1.15. The quantitative estimate of drug-likeness (QED) is 0.834. The van der Waals surface area contributed by atoms with Crippen molar-refractivity contribution in [3.63, 3.8) is 0 Å². The van der Waals surface area contributed by atoms with Crippen molar-refractivity contribution in [1.29, 1.82) is 0 Å². The van der Waals surface area contributed by atoms with Gasteiger partial charge in [0.2, 0.25) is 0 Å². The standard InChI is InChI=1S/C12H16O2S/c1-2-6-11(13)9-10-15(14)12-7-4-3-5-8-12/h3-5,7-11,13H,2,6H2,1H3/b10-9+/t11-,15-/m1/s1. The van der Waals surface area contributed by atoms with Crippen LogP contribution in [0.1, 0.15) is 19.8 Å². The molecule has 15 heavy (non-hydrogen) atoms. The SMILES string of the molecule is CCC[C@@H](O)/C=C/[S@@](=O)c1ccccc1. The van der Waals surface area contributed by atoms with Gasteiger partial charge in [-0.1, -0.05) is 31.5 Å². The summed E-state index contributed by atoms with van der Waals surface area (Å²) in [5, 5.41) is 11.0. The Balaban J connectivity index is 2.56. The summed E-state index contributed by atoms with van der Waals surface area (Å²) in [6.07, 6.45) is 2.75. The minimum Gasteiger partial charge on any atom is -0.389 e. The highest BCUT2D eigenvalue weighted by molar-refractivity contribution is 7.88. The number of aliphatic hydroxyl groups excluding tert-OH is 1. The summed E-state index contributed by atoms with van der Waals surface area (Å²) in [5.41, 5.74) is 0. The highest BCUT2D eigenvalue weighted by Crippen LogP contribution is 2.07. The van der Waals surface area contributed by atoms with Crippen LogP contribution in [0, 0.1) is 0 Å². The van der Waals surface area contributed by atoms with Crippen molar-refractivity contribution < 1.29 is 9.32 Å². The second-order valence-electron chi connectivity index (χ2n) is 3.30. The molecule has 1 aromatic carbocycles. The molecule has 3 heteroatoms. The summed E-state index contributed by atoms with van der Waals surface area (Å²) < 4.78 is 11.7. The second kappa shape index (κ2) is 6.53. The maximum Gasteiger partial charge on any atom is 0.0773 e. The normalized spacial score (nSPS) is 15.3. The molecular weight excluding hydrogens is 208 g/mol. The molecule has 0 aliphatic heterocycles. The predicted molar refractivity (Wildman–Crippen MR) is 62.9 cm³/mol. The van der Waals surface area contributed by atoms with Crippen molar-refractivity contribution >= 4 is 10.8 Å². The van der Waals surface area contributed by atoms with Gasteiger partial charge in [-0.15, -0.1) is 0 Å². The first-order chi connectivity index (χ1) is 7.24. The van der Waals surface area contributed by atoms with Gasteiger partial charge >= 0.3 is 0 Å². The van der Waals surface area contributed by atoms with Crippen LogP contribution in [0.4, 0.5) is 0 Å². The molecule has 82 valence electrons. The molecule has 0 saturated heterocycles. The monoisotopic (exact) mass is 224 g/mol. The summed E-state index contributed by atoms with van der Waals surface area (Å²) in [4.78, 5) is 0.762. The molecule has 2 nitrogen and oxygen atoms in total. The van der Waals surface area contributed by atoms with Gasteiger partial charge in [0, 0.05) is 10.3 Å². The van der Waals surface area contributed by atoms with Crippen LogP contribution in [-0.2, 0) is 10.8 Å². The molecule has 1 rings (SSSR count). The van der Waals surface area contributed by atoms with Gasteiger partial charge in [0.05, 0.1) is 16.9 Å². The van der Waals surface area contributed by atoms with Crippen molar-refractivity contribution in [3.05, 3.63) is 41.8 Å². The van der Waals surface area contributed by atoms with Gasteiger partial charge in [0.25, 0.3) is 0 Å². The molecule has 0 fully saturated rings. The molecule has 0 spiro atoms. The van der Waals surface area contributed by atoms with E-state index in [2.05, 4.69) is 0 Å². The van der Waals surface area contributed by atoms with Crippen molar-refractivity contribution in [2.75, 3.05) is 0 Å². The van der Waals surface area contributed by atoms with Crippen LogP contribution >= 0.6 is 0 Å². The third-order valence-electron chi connectivity index (χ3n) is 1.98. The Morgan fingerprint density at radius 2 is 2.07 bits per heavy atom. The van der Waals surface area contributed by atoms with Crippen molar-refractivity contribution in [2.45, 2.75) is 30.8 Å². The Labute approximate surface area is 93.1 Å². The summed E-state index contributed by atoms with van der Waals surface area (Å²) in [7, 11) is -1.15. The molecule has 0 aliphatic rings. The third kappa shape index (κ3) is 4.40. The molecule has 1 aromatic rings. The van der Waals surface area contributed by atoms with Crippen LogP contribution in [0.5, 0.6) is 0 Å². The molecule has 1 N–H and O–H groups in total. The average molecular weight is 224 g/mol. The molecule has 0 radical (unpaired) electrons. The van der Waals surface area contributed by atoms with E-state index in [9.17, 15) is 9.32 Å². The lowest BCUT2D eigenvalue weighted by Gasteiger charge is -2.01. The molecule has 0 unspecified atom stereocenters. The fraction of sp³-hybridized carbons (Fsp3) is 0.333. The summed E-state index contributed by atoms with van der Waals surface area (Å²) >= 11 is 0. The minimum absolute atomic E-state index is 0.484. The zero-order valence-electron chi connectivity index (χ0n) is 8.80. The van der Waals surface area contributed by atoms with E-state index in [4.69, 9.17) is 0 Å². The first-order valence-electron chi connectivity index (χ1n) is 5.06. The van der Waals surface area contributed by atoms with Gasteiger partial charge in [-0.05, 0) is 24.6 Å². The Morgan fingerprint density at radius 3 is 2.67 bits per heavy atom. The Morgan fingerprint density at radius 1 is 1.40 bits per heavy atom. The van der Waals surface area contributed by atoms with E-state index in [0.29, 0.717) is 6.42 Å². The lowest BCUT2D eigenvalue weighted by atomic mass is 10.2. The van der Waals surface area contributed by atoms with Crippen molar-refractivity contribution in [3.8, 4) is 0 Å². The van der Waals surface area contributed by atoms with Crippen LogP contribution < -0.4 is 0 Å². The first-order valence-corrected chi connectivity index (χ1v) is 6.27. The molecule has 2 atom stereocenters. The predicted octanol–water partition coefficient (Wildman–Crippen LogP) is 2.47. The average Bonchev–Trinajstić information content (AvgIpc) is 2.27. The third-order valence-corrected chi connectivity index (χ3v) is 3.13. The van der Waals surface area contributed by atoms with Gasteiger partial charge in [0.15, 0.2) is 0 Å². The Hall–Kier alpha value is -0.930. The number of benzene rings is 1. The fourth-order valence-electron chi connectivity index (χ4n) is 1.19. The second-order valence-corrected chi connectivity index (χ2v) is 4.63. The molecule has 0 bridgehead atoms. The zero-order valence-corrected chi connectivity index (χ0v) is 9.61. The van der Waals surface area contributed by atoms with Crippen LogP contribution in [0.15, 0.2) is 46.7 Å². The molecule has 0 aliphatic carbocycles. The number of aliphatic hydroxyl groups is 1. The van der Waals surface area contributed by atoms with E-state index in [-0.39, 0.29) is 0 Å². The highest BCUT2D eigenvalue weighted by Gasteiger charge is 2.00. The van der Waals surface area contributed by atoms with E-state index in [1.54, 1.807) is 11.5 Å². The maximum absolute atomic E-state index is 11.7. The Kier molecular flexibility index (Phi) is 5.29. The van der Waals surface area contributed by atoms with Gasteiger partial charge in [-0.2, -0.15) is 0 Å². The topological polar surface area (TPSA) is 37.3 Å². The molecule has 0 aromatic heterocycles. The van der Waals surface area contributed by atoms with Gasteiger partial charge in [0.1, 0.15) is 0 Å². The summed E-state index contributed by atoms with van der Waals surface area (Å²) in [5.74, 6) is 0. The molecule has 0 heterocycles. The van der Waals surface area contributed by atoms with Crippen LogP contribution in [0.25, 0.3) is 0 Å². The van der Waals surface area contributed by atoms with Gasteiger partial charge < -0.3 is 5.11 Å². The van der Waals surface area contributed by atoms with E-state index in [1.807, 2.05) is 37.3 Å². The first kappa shape index (κ1) is 12.1. The fourth-order valence-corrected chi connectivity index (χ4v) is 2.09. The largest absolute Gasteiger partial charge is 0.389 e. The molecule has 0 amide bonds. The van der Waals surface area contributed by atoms with Crippen molar-refractivity contribution in [1.82, 2.24) is 0 Å². The van der Waals surface area contributed by atoms with Crippen LogP contribution in [0.3, 0.4) is 0 Å². The number of rotatable bonds is 5. The van der Waals surface area contributed by atoms with E-state index < -0.39 is 16.9 Å². The lowest BCUT2D eigenvalue weighted by Crippen LogP contribution is -2.01. The molecule has 0 saturated carbocycles. The summed E-state index contributed by atoms with van der Waals surface area (Å²) in [6, 6.07) is 9.21. The highest BCUT2D eigenvalue weighted by atomic mass is 32.2. The van der Waals surface area contributed by atoms with Crippen LogP contribution in [-0.4, -0.2) is 15.4 Å². The Bertz CT molecular complexity index is 333. The lowest BCUT2D eigenvalue weighted by molar-refractivity contribution is 0.212. The smallest absolute Gasteiger partial charge is 0.0773 e. The maximum atomic E-state index is 11.7. The summed E-state index contributed by atoms with van der Waals surface area (Å²) in [6.45, 7) is 2.01. The molecular formula is C12H16O2S. The van der Waals surface area contributed by atoms with Gasteiger partial charge in [-0.25, -0.2) is 4.21 Å². The number of hydrogen-bond donors (Lipinski definition) is 1. The zero-order chi connectivity index (χ0) is 11.1. The number of hydrogen-bond acceptors (Lipinski definition) is 2. The van der Waals surface area contributed by atoms with E-state index in [1.165, 1.54) is 0 Å². The van der Waals surface area contributed by atoms with E-state index >= 15 is 0 Å². The van der Waals surface area contributed by atoms with E-state index in [0.717, 1.165) is 11.3 Å². The van der Waals surface area contributed by atoms with Gasteiger partial charge in [-0.3, -0.25) is 0 Å². The van der Waals surface area contributed by atoms with Crippen molar-refractivity contribution in [2.24, 2.45) is 0 Å². The van der Waals surface area contributed by atoms with Crippen LogP contribution in [0.2, 0.25) is 0 Å².